The van der Waals surface area contributed by atoms with Crippen molar-refractivity contribution < 1.29 is 22.0 Å². The molecular formula is C36H25F5S2+2. The molecule has 0 amide bonds. The van der Waals surface area contributed by atoms with Gasteiger partial charge in [-0.3, -0.25) is 0 Å². The molecule has 0 heterocycles. The van der Waals surface area contributed by atoms with Crippen molar-refractivity contribution in [1.29, 1.82) is 0 Å². The van der Waals surface area contributed by atoms with E-state index in [1.165, 1.54) is 60.7 Å². The fraction of sp³-hybridized carbons (Fsp3) is 0. The average Bonchev–Trinajstić information content (AvgIpc) is 3.03. The second kappa shape index (κ2) is 14.2. The van der Waals surface area contributed by atoms with Crippen LogP contribution in [0.3, 0.4) is 0 Å². The molecule has 6 aromatic rings. The molecular weight excluding hydrogens is 592 g/mol. The van der Waals surface area contributed by atoms with Gasteiger partial charge in [0.05, 0.1) is 21.8 Å². The summed E-state index contributed by atoms with van der Waals surface area (Å²) in [4.78, 5) is 5.80. The van der Waals surface area contributed by atoms with Crippen molar-refractivity contribution in [3.8, 4) is 0 Å². The fourth-order valence-electron chi connectivity index (χ4n) is 4.23. The molecule has 0 saturated heterocycles. The molecule has 0 atom stereocenters. The molecule has 0 spiro atoms. The van der Waals surface area contributed by atoms with Crippen LogP contribution in [0, 0.1) is 29.1 Å². The number of benzene rings is 6. The standard InChI is InChI=1S/C18H12F3S.C18H13F2S/c19-13-1-7-16(8-2-13)22(17-9-3-14(20)4-10-17)18-11-5-15(21)6-12-18;19-14-6-10-17(11-7-14)21(16-4-2-1-3-5-16)18-12-8-15(20)9-13-18/h1-12H;1-13H/q2*+1. The molecule has 43 heavy (non-hydrogen) atoms. The summed E-state index contributed by atoms with van der Waals surface area (Å²) in [6.45, 7) is 0. The molecule has 6 aromatic carbocycles. The molecule has 7 heteroatoms. The van der Waals surface area contributed by atoms with Crippen molar-refractivity contribution in [3.05, 3.63) is 181 Å². The third kappa shape index (κ3) is 7.95. The van der Waals surface area contributed by atoms with Gasteiger partial charge in [0.15, 0.2) is 29.4 Å². The minimum atomic E-state index is -0.539. The summed E-state index contributed by atoms with van der Waals surface area (Å²) >= 11 is 0. The van der Waals surface area contributed by atoms with E-state index in [9.17, 15) is 22.0 Å². The van der Waals surface area contributed by atoms with Gasteiger partial charge in [0.25, 0.3) is 0 Å². The van der Waals surface area contributed by atoms with Crippen molar-refractivity contribution in [3.63, 3.8) is 0 Å². The third-order valence-corrected chi connectivity index (χ3v) is 10.7. The lowest BCUT2D eigenvalue weighted by Gasteiger charge is -2.08. The zero-order chi connectivity index (χ0) is 30.2. The van der Waals surface area contributed by atoms with E-state index in [1.54, 1.807) is 60.7 Å². The molecule has 0 aliphatic rings. The first-order chi connectivity index (χ1) is 20.9. The van der Waals surface area contributed by atoms with Gasteiger partial charge in [0, 0.05) is 0 Å². The molecule has 0 N–H and O–H groups in total. The van der Waals surface area contributed by atoms with Crippen LogP contribution in [0.15, 0.2) is 181 Å². The first kappa shape index (κ1) is 30.1. The van der Waals surface area contributed by atoms with E-state index in [2.05, 4.69) is 0 Å². The fourth-order valence-corrected chi connectivity index (χ4v) is 8.33. The highest BCUT2D eigenvalue weighted by Crippen LogP contribution is 2.32. The maximum Gasteiger partial charge on any atom is 0.166 e. The summed E-state index contributed by atoms with van der Waals surface area (Å²) < 4.78 is 65.8. The largest absolute Gasteiger partial charge is 0.207 e. The minimum absolute atomic E-state index is 0.255. The third-order valence-electron chi connectivity index (χ3n) is 6.23. The van der Waals surface area contributed by atoms with Crippen LogP contribution in [0.4, 0.5) is 22.0 Å². The average molecular weight is 617 g/mol. The Morgan fingerprint density at radius 1 is 0.233 bits per heavy atom. The van der Waals surface area contributed by atoms with Gasteiger partial charge in [-0.05, 0) is 133 Å². The Kier molecular flexibility index (Phi) is 9.97. The van der Waals surface area contributed by atoms with Gasteiger partial charge in [-0.15, -0.1) is 0 Å². The lowest BCUT2D eigenvalue weighted by atomic mass is 10.3. The molecule has 214 valence electrons. The summed E-state index contributed by atoms with van der Waals surface area (Å²) in [5.74, 6) is -1.45. The zero-order valence-corrected chi connectivity index (χ0v) is 24.3. The summed E-state index contributed by atoms with van der Waals surface area (Å²) in [7, 11) is -0.904. The number of halogens is 5. The van der Waals surface area contributed by atoms with Gasteiger partial charge in [-0.1, -0.05) is 18.2 Å². The van der Waals surface area contributed by atoms with Crippen molar-refractivity contribution in [2.75, 3.05) is 0 Å². The van der Waals surface area contributed by atoms with E-state index in [-0.39, 0.29) is 40.0 Å². The molecule has 0 radical (unpaired) electrons. The topological polar surface area (TPSA) is 0 Å². The summed E-state index contributed by atoms with van der Waals surface area (Å²) in [5, 5.41) is 0. The van der Waals surface area contributed by atoms with Crippen LogP contribution in [-0.2, 0) is 21.8 Å². The van der Waals surface area contributed by atoms with Gasteiger partial charge in [-0.2, -0.15) is 0 Å². The van der Waals surface area contributed by atoms with Crippen LogP contribution in [-0.4, -0.2) is 0 Å². The van der Waals surface area contributed by atoms with Crippen molar-refractivity contribution >= 4 is 21.8 Å². The highest BCUT2D eigenvalue weighted by Gasteiger charge is 2.29. The Morgan fingerprint density at radius 3 is 0.628 bits per heavy atom. The second-order valence-corrected chi connectivity index (χ2v) is 13.2. The normalized spacial score (nSPS) is 10.9. The Labute approximate surface area is 253 Å². The maximum atomic E-state index is 13.2. The molecule has 6 rings (SSSR count). The van der Waals surface area contributed by atoms with E-state index in [0.29, 0.717) is 0 Å². The molecule has 0 bridgehead atoms. The van der Waals surface area contributed by atoms with Gasteiger partial charge in [-0.25, -0.2) is 22.0 Å². The van der Waals surface area contributed by atoms with Crippen LogP contribution >= 0.6 is 0 Å². The van der Waals surface area contributed by atoms with Gasteiger partial charge < -0.3 is 0 Å². The van der Waals surface area contributed by atoms with Crippen LogP contribution in [0.5, 0.6) is 0 Å². The van der Waals surface area contributed by atoms with Gasteiger partial charge >= 0.3 is 0 Å². The van der Waals surface area contributed by atoms with Crippen LogP contribution < -0.4 is 0 Å². The molecule has 0 fully saturated rings. The molecule has 0 aliphatic heterocycles. The van der Waals surface area contributed by atoms with Crippen LogP contribution in [0.25, 0.3) is 0 Å². The van der Waals surface area contributed by atoms with E-state index < -0.39 is 10.9 Å². The Morgan fingerprint density at radius 2 is 0.419 bits per heavy atom. The van der Waals surface area contributed by atoms with E-state index in [0.717, 1.165) is 29.4 Å². The lowest BCUT2D eigenvalue weighted by molar-refractivity contribution is 0.625. The zero-order valence-electron chi connectivity index (χ0n) is 22.6. The van der Waals surface area contributed by atoms with E-state index in [1.807, 2.05) is 30.3 Å². The van der Waals surface area contributed by atoms with Gasteiger partial charge in [0.2, 0.25) is 0 Å². The van der Waals surface area contributed by atoms with Crippen molar-refractivity contribution in [2.45, 2.75) is 29.4 Å². The van der Waals surface area contributed by atoms with Crippen LogP contribution in [0.1, 0.15) is 0 Å². The number of hydrogen-bond acceptors (Lipinski definition) is 0. The van der Waals surface area contributed by atoms with Crippen molar-refractivity contribution in [1.82, 2.24) is 0 Å². The number of rotatable bonds is 6. The van der Waals surface area contributed by atoms with Crippen molar-refractivity contribution in [2.24, 2.45) is 0 Å². The molecule has 0 saturated carbocycles. The Hall–Kier alpha value is -4.33. The van der Waals surface area contributed by atoms with E-state index in [4.69, 9.17) is 0 Å². The van der Waals surface area contributed by atoms with Gasteiger partial charge in [0.1, 0.15) is 29.1 Å². The quantitative estimate of drug-likeness (QED) is 0.129. The Balaban J connectivity index is 0.000000171. The predicted molar refractivity (Wildman–Crippen MR) is 163 cm³/mol. The highest BCUT2D eigenvalue weighted by atomic mass is 32.2. The first-order valence-corrected chi connectivity index (χ1v) is 15.6. The highest BCUT2D eigenvalue weighted by molar-refractivity contribution is 7.97. The first-order valence-electron chi connectivity index (χ1n) is 13.2. The Bertz CT molecular complexity index is 1570. The lowest BCUT2D eigenvalue weighted by Crippen LogP contribution is -2.05. The minimum Gasteiger partial charge on any atom is -0.207 e. The maximum absolute atomic E-state index is 13.2. The van der Waals surface area contributed by atoms with Crippen LogP contribution in [0.2, 0.25) is 0 Å². The monoisotopic (exact) mass is 616 g/mol. The second-order valence-electron chi connectivity index (χ2n) is 9.20. The SMILES string of the molecule is Fc1ccc([S+](c2ccc(F)cc2)c2ccc(F)cc2)cc1.Fc1ccc([S+](c2ccccc2)c2ccc(F)cc2)cc1. The molecule has 0 aromatic heterocycles. The molecule has 0 nitrogen and oxygen atoms in total. The smallest absolute Gasteiger partial charge is 0.166 e. The summed E-state index contributed by atoms with van der Waals surface area (Å²) in [6.07, 6.45) is 0. The molecule has 0 unspecified atom stereocenters. The predicted octanol–water partition coefficient (Wildman–Crippen LogP) is 10.3. The summed E-state index contributed by atoms with van der Waals surface area (Å²) in [6, 6.07) is 41.5. The number of hydrogen-bond donors (Lipinski definition) is 0. The summed E-state index contributed by atoms with van der Waals surface area (Å²) in [5.41, 5.74) is 0. The molecule has 0 aliphatic carbocycles. The van der Waals surface area contributed by atoms with E-state index >= 15 is 0 Å².